The van der Waals surface area contributed by atoms with Crippen LogP contribution < -0.4 is 11.1 Å². The Bertz CT molecular complexity index is 734. The fourth-order valence-electron chi connectivity index (χ4n) is 3.05. The zero-order valence-corrected chi connectivity index (χ0v) is 13.3. The number of fused-ring (bicyclic) bond motifs is 1. The summed E-state index contributed by atoms with van der Waals surface area (Å²) in [4.78, 5) is 23.9. The normalized spacial score (nSPS) is 21.4. The molecule has 1 saturated heterocycles. The van der Waals surface area contributed by atoms with Crippen LogP contribution >= 0.6 is 0 Å². The highest BCUT2D eigenvalue weighted by atomic mass is 16.5. The molecule has 3 rings (SSSR count). The van der Waals surface area contributed by atoms with E-state index in [1.54, 1.807) is 10.6 Å². The minimum atomic E-state index is -0.370. The number of amides is 1. The number of nitrogens with one attached hydrogen (secondary N) is 1. The van der Waals surface area contributed by atoms with Crippen molar-refractivity contribution in [2.24, 2.45) is 0 Å². The van der Waals surface area contributed by atoms with Gasteiger partial charge in [0.05, 0.1) is 11.6 Å². The van der Waals surface area contributed by atoms with E-state index < -0.39 is 0 Å². The standard InChI is InChI=1S/C17H22N2O4/c1-12-11-13(8-10-22-12)18-16(20)7-4-9-19-14-5-2-3-6-15(14)23-17(19)21/h2-3,5-6,12-13H,4,7-11H2,1H3,(H,18,20). The van der Waals surface area contributed by atoms with Gasteiger partial charge in [-0.2, -0.15) is 0 Å². The van der Waals surface area contributed by atoms with Crippen molar-refractivity contribution in [2.45, 2.75) is 51.3 Å². The third kappa shape index (κ3) is 3.82. The lowest BCUT2D eigenvalue weighted by Crippen LogP contribution is -2.41. The Labute approximate surface area is 134 Å². The maximum atomic E-state index is 12.0. The van der Waals surface area contributed by atoms with Crippen molar-refractivity contribution < 1.29 is 13.9 Å². The van der Waals surface area contributed by atoms with Crippen LogP contribution in [0.3, 0.4) is 0 Å². The third-order valence-electron chi connectivity index (χ3n) is 4.21. The number of aryl methyl sites for hydroxylation is 1. The molecule has 0 spiro atoms. The maximum absolute atomic E-state index is 12.0. The number of hydrogen-bond acceptors (Lipinski definition) is 4. The van der Waals surface area contributed by atoms with Crippen LogP contribution in [0, 0.1) is 0 Å². The molecule has 6 nitrogen and oxygen atoms in total. The Morgan fingerprint density at radius 3 is 3.04 bits per heavy atom. The number of oxazole rings is 1. The van der Waals surface area contributed by atoms with Crippen molar-refractivity contribution in [3.8, 4) is 0 Å². The number of hydrogen-bond donors (Lipinski definition) is 1. The first kappa shape index (κ1) is 15.8. The topological polar surface area (TPSA) is 73.5 Å². The number of aromatic nitrogens is 1. The van der Waals surface area contributed by atoms with E-state index in [1.165, 1.54) is 0 Å². The number of benzene rings is 1. The predicted molar refractivity (Wildman–Crippen MR) is 86.3 cm³/mol. The van der Waals surface area contributed by atoms with Gasteiger partial charge in [0.1, 0.15) is 0 Å². The number of nitrogens with zero attached hydrogens (tertiary/aromatic N) is 1. The van der Waals surface area contributed by atoms with Gasteiger partial charge in [0.15, 0.2) is 5.58 Å². The molecule has 1 aromatic carbocycles. The molecule has 1 aliphatic heterocycles. The minimum Gasteiger partial charge on any atom is -0.408 e. The molecule has 1 N–H and O–H groups in total. The summed E-state index contributed by atoms with van der Waals surface area (Å²) >= 11 is 0. The highest BCUT2D eigenvalue weighted by Gasteiger charge is 2.20. The van der Waals surface area contributed by atoms with Crippen molar-refractivity contribution in [1.82, 2.24) is 9.88 Å². The maximum Gasteiger partial charge on any atom is 0.419 e. The number of ether oxygens (including phenoxy) is 1. The lowest BCUT2D eigenvalue weighted by atomic mass is 10.0. The first-order chi connectivity index (χ1) is 11.1. The molecule has 0 saturated carbocycles. The van der Waals surface area contributed by atoms with Gasteiger partial charge in [-0.25, -0.2) is 4.79 Å². The zero-order valence-electron chi connectivity index (χ0n) is 13.3. The van der Waals surface area contributed by atoms with Gasteiger partial charge in [-0.3, -0.25) is 9.36 Å². The molecule has 124 valence electrons. The first-order valence-electron chi connectivity index (χ1n) is 8.13. The number of rotatable bonds is 5. The van der Waals surface area contributed by atoms with Crippen LogP contribution in [0.15, 0.2) is 33.5 Å². The van der Waals surface area contributed by atoms with E-state index in [1.807, 2.05) is 25.1 Å². The van der Waals surface area contributed by atoms with Gasteiger partial charge in [-0.1, -0.05) is 12.1 Å². The summed E-state index contributed by atoms with van der Waals surface area (Å²) in [5.41, 5.74) is 1.36. The average molecular weight is 318 g/mol. The zero-order chi connectivity index (χ0) is 16.2. The molecule has 2 heterocycles. The lowest BCUT2D eigenvalue weighted by molar-refractivity contribution is -0.122. The van der Waals surface area contributed by atoms with Crippen LogP contribution in [-0.4, -0.2) is 29.2 Å². The van der Waals surface area contributed by atoms with Gasteiger partial charge < -0.3 is 14.5 Å². The van der Waals surface area contributed by atoms with Gasteiger partial charge in [0.2, 0.25) is 5.91 Å². The Morgan fingerprint density at radius 1 is 1.39 bits per heavy atom. The summed E-state index contributed by atoms with van der Waals surface area (Å²) in [6.07, 6.45) is 2.93. The van der Waals surface area contributed by atoms with Crippen molar-refractivity contribution >= 4 is 17.0 Å². The van der Waals surface area contributed by atoms with E-state index >= 15 is 0 Å². The third-order valence-corrected chi connectivity index (χ3v) is 4.21. The molecule has 2 unspecified atom stereocenters. The molecule has 0 bridgehead atoms. The second-order valence-corrected chi connectivity index (χ2v) is 6.06. The predicted octanol–water partition coefficient (Wildman–Crippen LogP) is 2.06. The summed E-state index contributed by atoms with van der Waals surface area (Å²) in [6, 6.07) is 7.52. The summed E-state index contributed by atoms with van der Waals surface area (Å²) in [6.45, 7) is 3.20. The fraction of sp³-hybridized carbons (Fsp3) is 0.529. The van der Waals surface area contributed by atoms with Crippen LogP contribution in [0.5, 0.6) is 0 Å². The van der Waals surface area contributed by atoms with Crippen LogP contribution in [0.4, 0.5) is 0 Å². The Morgan fingerprint density at radius 2 is 2.22 bits per heavy atom. The van der Waals surface area contributed by atoms with Crippen molar-refractivity contribution in [3.05, 3.63) is 34.8 Å². The summed E-state index contributed by atoms with van der Waals surface area (Å²) in [7, 11) is 0. The number of para-hydroxylation sites is 2. The van der Waals surface area contributed by atoms with Crippen LogP contribution in [0.2, 0.25) is 0 Å². The highest BCUT2D eigenvalue weighted by Crippen LogP contribution is 2.14. The van der Waals surface area contributed by atoms with Gasteiger partial charge in [-0.05, 0) is 38.3 Å². The molecular weight excluding hydrogens is 296 g/mol. The Hall–Kier alpha value is -2.08. The van der Waals surface area contributed by atoms with E-state index in [0.717, 1.165) is 18.4 Å². The van der Waals surface area contributed by atoms with E-state index in [-0.39, 0.29) is 23.8 Å². The van der Waals surface area contributed by atoms with Crippen LogP contribution in [0.25, 0.3) is 11.1 Å². The lowest BCUT2D eigenvalue weighted by Gasteiger charge is -2.27. The van der Waals surface area contributed by atoms with Crippen LogP contribution in [-0.2, 0) is 16.1 Å². The highest BCUT2D eigenvalue weighted by molar-refractivity contribution is 5.76. The molecule has 1 fully saturated rings. The van der Waals surface area contributed by atoms with Crippen molar-refractivity contribution in [1.29, 1.82) is 0 Å². The van der Waals surface area contributed by atoms with E-state index in [0.29, 0.717) is 31.6 Å². The Kier molecular flexibility index (Phi) is 4.81. The first-order valence-corrected chi connectivity index (χ1v) is 8.13. The van der Waals surface area contributed by atoms with E-state index in [2.05, 4.69) is 5.32 Å². The largest absolute Gasteiger partial charge is 0.419 e. The second kappa shape index (κ2) is 7.00. The summed E-state index contributed by atoms with van der Waals surface area (Å²) in [5, 5.41) is 3.05. The van der Waals surface area contributed by atoms with Crippen LogP contribution in [0.1, 0.15) is 32.6 Å². The quantitative estimate of drug-likeness (QED) is 0.916. The summed E-state index contributed by atoms with van der Waals surface area (Å²) in [5.74, 6) is -0.338. The molecule has 2 aromatic rings. The van der Waals surface area contributed by atoms with Crippen molar-refractivity contribution in [2.75, 3.05) is 6.61 Å². The molecule has 0 aliphatic carbocycles. The molecule has 2 atom stereocenters. The van der Waals surface area contributed by atoms with Gasteiger partial charge >= 0.3 is 5.76 Å². The van der Waals surface area contributed by atoms with Crippen molar-refractivity contribution in [3.63, 3.8) is 0 Å². The minimum absolute atomic E-state index is 0.0324. The average Bonchev–Trinajstić information content (AvgIpc) is 2.83. The molecule has 0 radical (unpaired) electrons. The SMILES string of the molecule is CC1CC(NC(=O)CCCn2c(=O)oc3ccccc32)CCO1. The molecule has 1 aliphatic rings. The monoisotopic (exact) mass is 318 g/mol. The molecule has 1 amide bonds. The van der Waals surface area contributed by atoms with E-state index in [9.17, 15) is 9.59 Å². The number of carbonyl (C=O) groups is 1. The fourth-order valence-corrected chi connectivity index (χ4v) is 3.05. The Balaban J connectivity index is 1.51. The van der Waals surface area contributed by atoms with Gasteiger partial charge in [-0.15, -0.1) is 0 Å². The van der Waals surface area contributed by atoms with Gasteiger partial charge in [0.25, 0.3) is 0 Å². The second-order valence-electron chi connectivity index (χ2n) is 6.06. The molecule has 1 aromatic heterocycles. The summed E-state index contributed by atoms with van der Waals surface area (Å²) < 4.78 is 12.2. The van der Waals surface area contributed by atoms with E-state index in [4.69, 9.17) is 9.15 Å². The number of carbonyl (C=O) groups excluding carboxylic acids is 1. The smallest absolute Gasteiger partial charge is 0.408 e. The molecule has 23 heavy (non-hydrogen) atoms. The molecule has 6 heteroatoms. The molecular formula is C17H22N2O4. The van der Waals surface area contributed by atoms with Gasteiger partial charge in [0, 0.05) is 25.6 Å².